The Balaban J connectivity index is 2.64. The van der Waals surface area contributed by atoms with Crippen LogP contribution in [0.5, 0.6) is 0 Å². The molecule has 0 spiro atoms. The third-order valence-corrected chi connectivity index (χ3v) is 5.92. The van der Waals surface area contributed by atoms with Crippen LogP contribution in [0.15, 0.2) is 0 Å². The molecule has 0 aromatic carbocycles. The average molecular weight is 205 g/mol. The van der Waals surface area contributed by atoms with Crippen LogP contribution >= 0.6 is 0 Å². The van der Waals surface area contributed by atoms with Gasteiger partial charge in [0.15, 0.2) is 0 Å². The third-order valence-electron chi connectivity index (χ3n) is 2.74. The molecule has 1 fully saturated rings. The zero-order chi connectivity index (χ0) is 9.90. The van der Waals surface area contributed by atoms with Crippen molar-refractivity contribution in [2.24, 2.45) is 0 Å². The molecule has 1 rings (SSSR count). The van der Waals surface area contributed by atoms with Gasteiger partial charge in [-0.1, -0.05) is 0 Å². The summed E-state index contributed by atoms with van der Waals surface area (Å²) >= 11 is 0. The maximum absolute atomic E-state index is 5.44. The molecule has 0 saturated carbocycles. The molecule has 0 aromatic rings. The van der Waals surface area contributed by atoms with E-state index in [0.717, 1.165) is 19.5 Å². The highest BCUT2D eigenvalue weighted by Crippen LogP contribution is 2.32. The van der Waals surface area contributed by atoms with E-state index >= 15 is 0 Å². The molecule has 4 nitrogen and oxygen atoms in total. The summed E-state index contributed by atoms with van der Waals surface area (Å²) in [7, 11) is 4.78. The van der Waals surface area contributed by atoms with E-state index in [1.807, 2.05) is 0 Å². The van der Waals surface area contributed by atoms with E-state index in [4.69, 9.17) is 13.3 Å². The standard InChI is InChI=1S/C8H19NO3Si/c1-9-6-5-8(7-9)13(10-2,11-3)12-4/h8H,5-7H2,1-4H3. The van der Waals surface area contributed by atoms with Crippen LogP contribution in [-0.2, 0) is 13.3 Å². The van der Waals surface area contributed by atoms with Crippen molar-refractivity contribution in [3.63, 3.8) is 0 Å². The van der Waals surface area contributed by atoms with E-state index in [1.54, 1.807) is 21.3 Å². The summed E-state index contributed by atoms with van der Waals surface area (Å²) in [5, 5.41) is 0. The molecular formula is C8H19NO3Si. The van der Waals surface area contributed by atoms with Crippen molar-refractivity contribution in [3.8, 4) is 0 Å². The van der Waals surface area contributed by atoms with Gasteiger partial charge < -0.3 is 18.2 Å². The minimum Gasteiger partial charge on any atom is -0.377 e. The molecule has 1 atom stereocenters. The summed E-state index contributed by atoms with van der Waals surface area (Å²) in [5.41, 5.74) is 0.428. The zero-order valence-corrected chi connectivity index (χ0v) is 9.87. The maximum atomic E-state index is 5.44. The molecular weight excluding hydrogens is 186 g/mol. The van der Waals surface area contributed by atoms with Gasteiger partial charge in [0.2, 0.25) is 0 Å². The van der Waals surface area contributed by atoms with Crippen LogP contribution < -0.4 is 0 Å². The highest BCUT2D eigenvalue weighted by Gasteiger charge is 2.49. The van der Waals surface area contributed by atoms with E-state index in [-0.39, 0.29) is 0 Å². The van der Waals surface area contributed by atoms with Gasteiger partial charge in [0.1, 0.15) is 0 Å². The molecule has 0 bridgehead atoms. The van der Waals surface area contributed by atoms with Gasteiger partial charge in [-0.2, -0.15) is 0 Å². The SMILES string of the molecule is CO[Si](OC)(OC)C1CCN(C)C1. The third kappa shape index (κ3) is 2.11. The zero-order valence-electron chi connectivity index (χ0n) is 8.87. The van der Waals surface area contributed by atoms with Crippen molar-refractivity contribution in [3.05, 3.63) is 0 Å². The Morgan fingerprint density at radius 3 is 2.00 bits per heavy atom. The number of rotatable bonds is 4. The molecule has 0 aromatic heterocycles. The Morgan fingerprint density at radius 2 is 1.69 bits per heavy atom. The van der Waals surface area contributed by atoms with E-state index in [2.05, 4.69) is 11.9 Å². The highest BCUT2D eigenvalue weighted by molar-refractivity contribution is 6.62. The van der Waals surface area contributed by atoms with Crippen LogP contribution in [0.4, 0.5) is 0 Å². The molecule has 1 aliphatic heterocycles. The van der Waals surface area contributed by atoms with Gasteiger partial charge in [-0.05, 0) is 20.0 Å². The minimum atomic E-state index is -2.37. The second kappa shape index (κ2) is 4.52. The summed E-state index contributed by atoms with van der Waals surface area (Å²) in [6.07, 6.45) is 1.11. The van der Waals surface area contributed by atoms with Gasteiger partial charge in [-0.15, -0.1) is 0 Å². The summed E-state index contributed by atoms with van der Waals surface area (Å²) in [6.45, 7) is 2.12. The fourth-order valence-corrected chi connectivity index (χ4v) is 4.49. The Bertz CT molecular complexity index is 155. The lowest BCUT2D eigenvalue weighted by Crippen LogP contribution is -2.48. The second-order valence-corrected chi connectivity index (χ2v) is 6.71. The monoisotopic (exact) mass is 205 g/mol. The van der Waals surface area contributed by atoms with Crippen molar-refractivity contribution in [1.29, 1.82) is 0 Å². The lowest BCUT2D eigenvalue weighted by Gasteiger charge is -2.29. The molecule has 1 heterocycles. The Labute approximate surface area is 81.1 Å². The van der Waals surface area contributed by atoms with Gasteiger partial charge >= 0.3 is 8.80 Å². The number of hydrogen-bond donors (Lipinski definition) is 0. The van der Waals surface area contributed by atoms with Gasteiger partial charge in [-0.25, -0.2) is 0 Å². The topological polar surface area (TPSA) is 30.9 Å². The van der Waals surface area contributed by atoms with Gasteiger partial charge in [0, 0.05) is 33.4 Å². The van der Waals surface area contributed by atoms with Gasteiger partial charge in [0.05, 0.1) is 0 Å². The van der Waals surface area contributed by atoms with Crippen molar-refractivity contribution in [2.45, 2.75) is 12.0 Å². The first-order valence-electron chi connectivity index (χ1n) is 4.52. The average Bonchev–Trinajstić information content (AvgIpc) is 2.57. The summed E-state index contributed by atoms with van der Waals surface area (Å²) in [4.78, 5) is 2.28. The first kappa shape index (κ1) is 11.1. The minimum absolute atomic E-state index is 0.428. The molecule has 1 unspecified atom stereocenters. The van der Waals surface area contributed by atoms with Gasteiger partial charge in [0.25, 0.3) is 0 Å². The van der Waals surface area contributed by atoms with E-state index in [9.17, 15) is 0 Å². The maximum Gasteiger partial charge on any atom is 0.504 e. The van der Waals surface area contributed by atoms with E-state index < -0.39 is 8.80 Å². The normalized spacial score (nSPS) is 25.4. The molecule has 5 heteroatoms. The van der Waals surface area contributed by atoms with Crippen molar-refractivity contribution in [2.75, 3.05) is 41.5 Å². The van der Waals surface area contributed by atoms with E-state index in [1.165, 1.54) is 0 Å². The largest absolute Gasteiger partial charge is 0.504 e. The lowest BCUT2D eigenvalue weighted by molar-refractivity contribution is 0.112. The summed E-state index contributed by atoms with van der Waals surface area (Å²) < 4.78 is 16.3. The molecule has 78 valence electrons. The molecule has 0 radical (unpaired) electrons. The Kier molecular flexibility index (Phi) is 3.87. The molecule has 0 amide bonds. The van der Waals surface area contributed by atoms with Crippen LogP contribution in [0.25, 0.3) is 0 Å². The Morgan fingerprint density at radius 1 is 1.15 bits per heavy atom. The molecule has 13 heavy (non-hydrogen) atoms. The second-order valence-electron chi connectivity index (χ2n) is 3.46. The van der Waals surface area contributed by atoms with Crippen LogP contribution in [0.1, 0.15) is 6.42 Å². The van der Waals surface area contributed by atoms with Crippen LogP contribution in [0.3, 0.4) is 0 Å². The van der Waals surface area contributed by atoms with Crippen LogP contribution in [0.2, 0.25) is 5.54 Å². The van der Waals surface area contributed by atoms with Crippen molar-refractivity contribution < 1.29 is 13.3 Å². The predicted molar refractivity (Wildman–Crippen MR) is 52.6 cm³/mol. The molecule has 1 saturated heterocycles. The van der Waals surface area contributed by atoms with Crippen LogP contribution in [0, 0.1) is 0 Å². The van der Waals surface area contributed by atoms with Crippen LogP contribution in [-0.4, -0.2) is 55.2 Å². The smallest absolute Gasteiger partial charge is 0.377 e. The Hall–Kier alpha value is 0.0569. The van der Waals surface area contributed by atoms with Crippen molar-refractivity contribution >= 4 is 8.80 Å². The van der Waals surface area contributed by atoms with Crippen molar-refractivity contribution in [1.82, 2.24) is 4.90 Å². The molecule has 0 aliphatic carbocycles. The fraction of sp³-hybridized carbons (Fsp3) is 1.00. The molecule has 1 aliphatic rings. The fourth-order valence-electron chi connectivity index (χ4n) is 1.97. The van der Waals surface area contributed by atoms with Gasteiger partial charge in [-0.3, -0.25) is 0 Å². The number of likely N-dealkylation sites (tertiary alicyclic amines) is 1. The predicted octanol–water partition coefficient (Wildman–Crippen LogP) is 0.570. The van der Waals surface area contributed by atoms with E-state index in [0.29, 0.717) is 5.54 Å². The first-order valence-corrected chi connectivity index (χ1v) is 6.32. The lowest BCUT2D eigenvalue weighted by atomic mass is 10.4. The summed E-state index contributed by atoms with van der Waals surface area (Å²) in [6, 6.07) is 0. The summed E-state index contributed by atoms with van der Waals surface area (Å²) in [5.74, 6) is 0. The quantitative estimate of drug-likeness (QED) is 0.628. The number of hydrogen-bond acceptors (Lipinski definition) is 4. The highest BCUT2D eigenvalue weighted by atomic mass is 28.4. The molecule has 0 N–H and O–H groups in total. The number of nitrogens with zero attached hydrogens (tertiary/aromatic N) is 1. The first-order chi connectivity index (χ1) is 6.18.